The van der Waals surface area contributed by atoms with Crippen molar-refractivity contribution in [3.8, 4) is 11.4 Å². The summed E-state index contributed by atoms with van der Waals surface area (Å²) in [6.45, 7) is 0. The maximum atomic E-state index is 9.86. The number of nitrogens with one attached hydrogen (secondary N) is 1. The molecule has 2 aromatic carbocycles. The monoisotopic (exact) mass is 246 g/mol. The first kappa shape index (κ1) is 11.5. The molecule has 0 aliphatic heterocycles. The molecule has 0 atom stereocenters. The quantitative estimate of drug-likeness (QED) is 0.540. The van der Waals surface area contributed by atoms with E-state index in [1.54, 1.807) is 6.07 Å². The number of halogens is 1. The van der Waals surface area contributed by atoms with Crippen molar-refractivity contribution in [2.24, 2.45) is 0 Å². The molecule has 0 aliphatic rings. The smallest absolute Gasteiger partial charge is 0.247 e. The van der Waals surface area contributed by atoms with Crippen LogP contribution in [0.2, 0.25) is 0 Å². The number of phenols is 1. The van der Waals surface area contributed by atoms with E-state index in [1.807, 2.05) is 53.4 Å². The predicted molar refractivity (Wildman–Crippen MR) is 61.5 cm³/mol. The van der Waals surface area contributed by atoms with Crippen molar-refractivity contribution in [2.45, 2.75) is 0 Å². The summed E-state index contributed by atoms with van der Waals surface area (Å²) in [6.07, 6.45) is 1.85. The topological polar surface area (TPSA) is 39.9 Å². The van der Waals surface area contributed by atoms with E-state index in [2.05, 4.69) is 4.98 Å². The van der Waals surface area contributed by atoms with Gasteiger partial charge in [0.2, 0.25) is 11.8 Å². The molecular formula is C13H11ClN2O. The van der Waals surface area contributed by atoms with Crippen LogP contribution in [0.25, 0.3) is 16.7 Å². The molecule has 0 spiro atoms. The van der Waals surface area contributed by atoms with Gasteiger partial charge in [-0.15, -0.1) is 0 Å². The number of imidazole rings is 1. The van der Waals surface area contributed by atoms with Crippen molar-refractivity contribution in [1.29, 1.82) is 0 Å². The number of fused-ring (bicyclic) bond motifs is 1. The zero-order valence-electron chi connectivity index (χ0n) is 8.97. The van der Waals surface area contributed by atoms with Gasteiger partial charge in [-0.2, -0.15) is 4.57 Å². The van der Waals surface area contributed by atoms with Crippen LogP contribution in [0.3, 0.4) is 0 Å². The van der Waals surface area contributed by atoms with Crippen LogP contribution in [0.15, 0.2) is 54.9 Å². The Morgan fingerprint density at radius 1 is 0.941 bits per heavy atom. The van der Waals surface area contributed by atoms with Crippen molar-refractivity contribution in [2.75, 3.05) is 0 Å². The Balaban J connectivity index is 0.00000108. The van der Waals surface area contributed by atoms with Gasteiger partial charge < -0.3 is 17.5 Å². The minimum Gasteiger partial charge on any atom is -1.00 e. The Bertz CT molecular complexity index is 634. The zero-order valence-corrected chi connectivity index (χ0v) is 9.72. The van der Waals surface area contributed by atoms with Gasteiger partial charge in [-0.25, -0.2) is 4.98 Å². The first-order valence-corrected chi connectivity index (χ1v) is 5.12. The fourth-order valence-electron chi connectivity index (χ4n) is 1.89. The molecule has 0 aliphatic carbocycles. The SMILES string of the molecule is Oc1cccc2[nH]c[n+](-c3ccccc3)c12.[Cl-]. The number of aromatic hydroxyl groups is 1. The lowest BCUT2D eigenvalue weighted by molar-refractivity contribution is -0.567. The number of aromatic amines is 1. The highest BCUT2D eigenvalue weighted by Crippen LogP contribution is 2.20. The van der Waals surface area contributed by atoms with Crippen LogP contribution in [0.5, 0.6) is 5.75 Å². The third kappa shape index (κ3) is 1.85. The first-order valence-electron chi connectivity index (χ1n) is 5.12. The number of nitrogens with zero attached hydrogens (tertiary/aromatic N) is 1. The largest absolute Gasteiger partial charge is 1.00 e. The molecule has 3 aromatic rings. The van der Waals surface area contributed by atoms with E-state index >= 15 is 0 Å². The fourth-order valence-corrected chi connectivity index (χ4v) is 1.89. The maximum absolute atomic E-state index is 9.86. The minimum absolute atomic E-state index is 0. The van der Waals surface area contributed by atoms with Gasteiger partial charge in [0, 0.05) is 0 Å². The Labute approximate surface area is 105 Å². The molecule has 0 unspecified atom stereocenters. The second kappa shape index (κ2) is 4.47. The van der Waals surface area contributed by atoms with Crippen molar-refractivity contribution in [3.63, 3.8) is 0 Å². The van der Waals surface area contributed by atoms with Gasteiger partial charge in [-0.1, -0.05) is 24.3 Å². The molecule has 0 bridgehead atoms. The fraction of sp³-hybridized carbons (Fsp3) is 0. The average molecular weight is 247 g/mol. The summed E-state index contributed by atoms with van der Waals surface area (Å²) in [6, 6.07) is 15.4. The van der Waals surface area contributed by atoms with E-state index in [9.17, 15) is 5.11 Å². The number of hydrogen-bond donors (Lipinski definition) is 2. The zero-order chi connectivity index (χ0) is 11.0. The second-order valence-electron chi connectivity index (χ2n) is 3.65. The van der Waals surface area contributed by atoms with Gasteiger partial charge in [-0.3, -0.25) is 0 Å². The molecule has 3 nitrogen and oxygen atoms in total. The van der Waals surface area contributed by atoms with Crippen LogP contribution in [-0.2, 0) is 0 Å². The summed E-state index contributed by atoms with van der Waals surface area (Å²) >= 11 is 0. The lowest BCUT2D eigenvalue weighted by atomic mass is 10.2. The summed E-state index contributed by atoms with van der Waals surface area (Å²) in [5, 5.41) is 9.86. The van der Waals surface area contributed by atoms with Gasteiger partial charge in [0.15, 0.2) is 11.3 Å². The highest BCUT2D eigenvalue weighted by atomic mass is 35.5. The van der Waals surface area contributed by atoms with Gasteiger partial charge in [-0.05, 0) is 24.3 Å². The van der Waals surface area contributed by atoms with E-state index in [0.29, 0.717) is 0 Å². The number of H-pyrrole nitrogens is 1. The Kier molecular flexibility index (Phi) is 3.02. The van der Waals surface area contributed by atoms with Gasteiger partial charge >= 0.3 is 0 Å². The van der Waals surface area contributed by atoms with Crippen molar-refractivity contribution in [1.82, 2.24) is 4.98 Å². The summed E-state index contributed by atoms with van der Waals surface area (Å²) in [5.74, 6) is 0.280. The second-order valence-corrected chi connectivity index (χ2v) is 3.65. The Morgan fingerprint density at radius 3 is 2.47 bits per heavy atom. The Morgan fingerprint density at radius 2 is 1.71 bits per heavy atom. The van der Waals surface area contributed by atoms with Crippen LogP contribution in [0, 0.1) is 0 Å². The Hall–Kier alpha value is -2.00. The molecule has 0 radical (unpaired) electrons. The number of benzene rings is 2. The predicted octanol–water partition coefficient (Wildman–Crippen LogP) is -0.846. The maximum Gasteiger partial charge on any atom is 0.247 e. The lowest BCUT2D eigenvalue weighted by Gasteiger charge is -1.97. The summed E-state index contributed by atoms with van der Waals surface area (Å²) in [5.41, 5.74) is 2.74. The molecule has 3 rings (SSSR count). The summed E-state index contributed by atoms with van der Waals surface area (Å²) in [4.78, 5) is 3.13. The van der Waals surface area contributed by atoms with Crippen molar-refractivity contribution in [3.05, 3.63) is 54.9 Å². The van der Waals surface area contributed by atoms with E-state index in [-0.39, 0.29) is 18.2 Å². The van der Waals surface area contributed by atoms with E-state index in [0.717, 1.165) is 16.7 Å². The molecule has 1 aromatic heterocycles. The van der Waals surface area contributed by atoms with Crippen LogP contribution < -0.4 is 17.0 Å². The summed E-state index contributed by atoms with van der Waals surface area (Å²) in [7, 11) is 0. The van der Waals surface area contributed by atoms with E-state index < -0.39 is 0 Å². The normalized spacial score (nSPS) is 10.1. The highest BCUT2D eigenvalue weighted by molar-refractivity contribution is 5.77. The summed E-state index contributed by atoms with van der Waals surface area (Å²) < 4.78 is 1.94. The van der Waals surface area contributed by atoms with E-state index in [4.69, 9.17) is 0 Å². The standard InChI is InChI=1S/C13H10N2O.ClH/c16-12-8-4-7-11-13(12)15(9-14-11)10-5-2-1-3-6-10;/h1-9,16H;1H. The number of rotatable bonds is 1. The molecule has 0 fully saturated rings. The molecule has 0 saturated carbocycles. The number of phenolic OH excluding ortho intramolecular Hbond substituents is 1. The third-order valence-electron chi connectivity index (χ3n) is 2.64. The molecule has 86 valence electrons. The molecule has 17 heavy (non-hydrogen) atoms. The van der Waals surface area contributed by atoms with Crippen LogP contribution in [0.4, 0.5) is 0 Å². The molecule has 0 saturated heterocycles. The van der Waals surface area contributed by atoms with Gasteiger partial charge in [0.05, 0.1) is 0 Å². The van der Waals surface area contributed by atoms with Crippen LogP contribution in [0.1, 0.15) is 0 Å². The lowest BCUT2D eigenvalue weighted by Crippen LogP contribution is -3.00. The third-order valence-corrected chi connectivity index (χ3v) is 2.64. The molecular weight excluding hydrogens is 236 g/mol. The first-order chi connectivity index (χ1) is 7.86. The van der Waals surface area contributed by atoms with Gasteiger partial charge in [0.25, 0.3) is 0 Å². The van der Waals surface area contributed by atoms with E-state index in [1.165, 1.54) is 0 Å². The highest BCUT2D eigenvalue weighted by Gasteiger charge is 2.14. The molecule has 2 N–H and O–H groups in total. The molecule has 0 amide bonds. The number of para-hydroxylation sites is 2. The number of hydrogen-bond acceptors (Lipinski definition) is 1. The minimum atomic E-state index is 0. The van der Waals surface area contributed by atoms with Crippen LogP contribution >= 0.6 is 0 Å². The van der Waals surface area contributed by atoms with Crippen molar-refractivity contribution >= 4 is 11.0 Å². The van der Waals surface area contributed by atoms with Crippen molar-refractivity contribution < 1.29 is 22.1 Å². The molecule has 1 heterocycles. The molecule has 4 heteroatoms. The van der Waals surface area contributed by atoms with Gasteiger partial charge in [0.1, 0.15) is 5.69 Å². The average Bonchev–Trinajstić information content (AvgIpc) is 2.75. The van der Waals surface area contributed by atoms with Crippen LogP contribution in [-0.4, -0.2) is 10.1 Å². The number of aromatic nitrogens is 2.